The molecule has 0 saturated carbocycles. The zero-order valence-electron chi connectivity index (χ0n) is 11.5. The van der Waals surface area contributed by atoms with E-state index in [1.54, 1.807) is 12.1 Å². The first-order valence-corrected chi connectivity index (χ1v) is 6.18. The number of carbonyl (C=O) groups excluding carboxylic acids is 1. The fraction of sp³-hybridized carbons (Fsp3) is 0.571. The van der Waals surface area contributed by atoms with Gasteiger partial charge in [0, 0.05) is 12.2 Å². The summed E-state index contributed by atoms with van der Waals surface area (Å²) < 4.78 is 0. The Labute approximate surface area is 108 Å². The molecular formula is C14H22N2O2. The second-order valence-electron chi connectivity index (χ2n) is 5.79. The van der Waals surface area contributed by atoms with Gasteiger partial charge in [0.1, 0.15) is 5.69 Å². The molecule has 1 heterocycles. The summed E-state index contributed by atoms with van der Waals surface area (Å²) in [4.78, 5) is 15.9. The van der Waals surface area contributed by atoms with Crippen molar-refractivity contribution in [1.82, 2.24) is 10.3 Å². The predicted octanol–water partition coefficient (Wildman–Crippen LogP) is 1.92. The van der Waals surface area contributed by atoms with Crippen LogP contribution in [0.2, 0.25) is 0 Å². The number of pyridine rings is 1. The molecule has 4 nitrogen and oxygen atoms in total. The number of aryl methyl sites for hydroxylation is 1. The Morgan fingerprint density at radius 1 is 1.44 bits per heavy atom. The van der Waals surface area contributed by atoms with E-state index in [0.717, 1.165) is 5.69 Å². The van der Waals surface area contributed by atoms with Gasteiger partial charge in [-0.2, -0.15) is 0 Å². The van der Waals surface area contributed by atoms with E-state index in [9.17, 15) is 9.90 Å². The minimum absolute atomic E-state index is 0.0474. The van der Waals surface area contributed by atoms with Gasteiger partial charge in [-0.05, 0) is 30.9 Å². The third-order valence-electron chi connectivity index (χ3n) is 2.47. The lowest BCUT2D eigenvalue weighted by atomic mass is 9.89. The van der Waals surface area contributed by atoms with Crippen molar-refractivity contribution < 1.29 is 9.90 Å². The van der Waals surface area contributed by atoms with E-state index in [1.807, 2.05) is 13.0 Å². The molecule has 0 aromatic carbocycles. The minimum atomic E-state index is -0.529. The number of carbonyl (C=O) groups is 1. The average Bonchev–Trinajstić information content (AvgIpc) is 2.23. The third kappa shape index (κ3) is 5.27. The number of nitrogens with one attached hydrogen (secondary N) is 1. The van der Waals surface area contributed by atoms with Crippen LogP contribution in [0.1, 0.15) is 43.4 Å². The summed E-state index contributed by atoms with van der Waals surface area (Å²) in [6.07, 6.45) is 0.118. The van der Waals surface area contributed by atoms with E-state index in [1.165, 1.54) is 0 Å². The smallest absolute Gasteiger partial charge is 0.269 e. The fourth-order valence-corrected chi connectivity index (χ4v) is 1.75. The van der Waals surface area contributed by atoms with Gasteiger partial charge in [0.15, 0.2) is 0 Å². The van der Waals surface area contributed by atoms with E-state index in [0.29, 0.717) is 12.1 Å². The number of aliphatic hydroxyl groups is 1. The van der Waals surface area contributed by atoms with Crippen molar-refractivity contribution in [1.29, 1.82) is 0 Å². The van der Waals surface area contributed by atoms with Gasteiger partial charge < -0.3 is 10.4 Å². The van der Waals surface area contributed by atoms with Gasteiger partial charge in [-0.15, -0.1) is 0 Å². The van der Waals surface area contributed by atoms with Crippen LogP contribution in [0.25, 0.3) is 0 Å². The number of nitrogens with zero attached hydrogens (tertiary/aromatic N) is 1. The second kappa shape index (κ2) is 5.96. The lowest BCUT2D eigenvalue weighted by Crippen LogP contribution is -2.34. The molecule has 100 valence electrons. The van der Waals surface area contributed by atoms with Crippen molar-refractivity contribution in [2.24, 2.45) is 5.41 Å². The summed E-state index contributed by atoms with van der Waals surface area (Å²) in [6, 6.07) is 5.30. The van der Waals surface area contributed by atoms with Gasteiger partial charge in [-0.1, -0.05) is 26.8 Å². The Morgan fingerprint density at radius 3 is 2.67 bits per heavy atom. The van der Waals surface area contributed by atoms with Gasteiger partial charge in [-0.3, -0.25) is 4.79 Å². The number of rotatable bonds is 4. The number of aliphatic hydroxyl groups excluding tert-OH is 1. The molecule has 0 aliphatic heterocycles. The SMILES string of the molecule is Cc1cccc(C(=O)NCC(O)CC(C)(C)C)n1. The maximum atomic E-state index is 11.8. The normalized spacial score (nSPS) is 13.2. The number of hydrogen-bond donors (Lipinski definition) is 2. The standard InChI is InChI=1S/C14H22N2O2/c1-10-6-5-7-12(16-10)13(18)15-9-11(17)8-14(2,3)4/h5-7,11,17H,8-9H2,1-4H3,(H,15,18). The van der Waals surface area contributed by atoms with Crippen molar-refractivity contribution in [3.63, 3.8) is 0 Å². The lowest BCUT2D eigenvalue weighted by molar-refractivity contribution is 0.0864. The topological polar surface area (TPSA) is 62.2 Å². The molecule has 0 aliphatic carbocycles. The Hall–Kier alpha value is -1.42. The summed E-state index contributed by atoms with van der Waals surface area (Å²) >= 11 is 0. The molecule has 0 bridgehead atoms. The van der Waals surface area contributed by atoms with Crippen molar-refractivity contribution in [3.8, 4) is 0 Å². The first-order chi connectivity index (χ1) is 8.28. The van der Waals surface area contributed by atoms with Crippen LogP contribution < -0.4 is 5.32 Å². The molecule has 18 heavy (non-hydrogen) atoms. The highest BCUT2D eigenvalue weighted by atomic mass is 16.3. The van der Waals surface area contributed by atoms with Crippen LogP contribution in [0.5, 0.6) is 0 Å². The first-order valence-electron chi connectivity index (χ1n) is 6.18. The minimum Gasteiger partial charge on any atom is -0.391 e. The maximum absolute atomic E-state index is 11.8. The zero-order valence-corrected chi connectivity index (χ0v) is 11.5. The lowest BCUT2D eigenvalue weighted by Gasteiger charge is -2.22. The van der Waals surface area contributed by atoms with Crippen molar-refractivity contribution in [3.05, 3.63) is 29.6 Å². The Bertz CT molecular complexity index is 411. The van der Waals surface area contributed by atoms with Crippen LogP contribution in [-0.4, -0.2) is 28.6 Å². The molecule has 4 heteroatoms. The van der Waals surface area contributed by atoms with Crippen LogP contribution in [0.3, 0.4) is 0 Å². The van der Waals surface area contributed by atoms with Gasteiger partial charge in [-0.25, -0.2) is 4.98 Å². The van der Waals surface area contributed by atoms with Crippen molar-refractivity contribution >= 4 is 5.91 Å². The average molecular weight is 250 g/mol. The van der Waals surface area contributed by atoms with E-state index in [4.69, 9.17) is 0 Å². The molecule has 0 fully saturated rings. The summed E-state index contributed by atoms with van der Waals surface area (Å²) in [6.45, 7) is 8.26. The van der Waals surface area contributed by atoms with E-state index < -0.39 is 6.10 Å². The van der Waals surface area contributed by atoms with E-state index >= 15 is 0 Å². The largest absolute Gasteiger partial charge is 0.391 e. The van der Waals surface area contributed by atoms with Crippen molar-refractivity contribution in [2.75, 3.05) is 6.54 Å². The molecule has 1 aromatic rings. The highest BCUT2D eigenvalue weighted by molar-refractivity contribution is 5.92. The quantitative estimate of drug-likeness (QED) is 0.858. The molecule has 1 rings (SSSR count). The monoisotopic (exact) mass is 250 g/mol. The van der Waals surface area contributed by atoms with Crippen LogP contribution in [0, 0.1) is 12.3 Å². The molecule has 2 N–H and O–H groups in total. The highest BCUT2D eigenvalue weighted by Gasteiger charge is 2.17. The molecule has 0 aliphatic rings. The molecule has 0 radical (unpaired) electrons. The molecule has 1 unspecified atom stereocenters. The second-order valence-corrected chi connectivity index (χ2v) is 5.79. The van der Waals surface area contributed by atoms with Gasteiger partial charge >= 0.3 is 0 Å². The molecule has 1 atom stereocenters. The van der Waals surface area contributed by atoms with Gasteiger partial charge in [0.05, 0.1) is 6.10 Å². The fourth-order valence-electron chi connectivity index (χ4n) is 1.75. The number of amides is 1. The van der Waals surface area contributed by atoms with Gasteiger partial charge in [0.25, 0.3) is 5.91 Å². The van der Waals surface area contributed by atoms with Crippen LogP contribution in [0.4, 0.5) is 0 Å². The Kier molecular flexibility index (Phi) is 4.84. The number of aromatic nitrogens is 1. The molecular weight excluding hydrogens is 228 g/mol. The number of hydrogen-bond acceptors (Lipinski definition) is 3. The summed E-state index contributed by atoms with van der Waals surface area (Å²) in [5, 5.41) is 12.5. The van der Waals surface area contributed by atoms with Crippen LogP contribution in [-0.2, 0) is 0 Å². The summed E-state index contributed by atoms with van der Waals surface area (Å²) in [5.74, 6) is -0.244. The van der Waals surface area contributed by atoms with Gasteiger partial charge in [0.2, 0.25) is 0 Å². The first kappa shape index (κ1) is 14.6. The Balaban J connectivity index is 2.47. The molecule has 1 amide bonds. The van der Waals surface area contributed by atoms with Crippen LogP contribution >= 0.6 is 0 Å². The predicted molar refractivity (Wildman–Crippen MR) is 71.4 cm³/mol. The Morgan fingerprint density at radius 2 is 2.11 bits per heavy atom. The highest BCUT2D eigenvalue weighted by Crippen LogP contribution is 2.20. The van der Waals surface area contributed by atoms with E-state index in [2.05, 4.69) is 31.1 Å². The van der Waals surface area contributed by atoms with Crippen LogP contribution in [0.15, 0.2) is 18.2 Å². The van der Waals surface area contributed by atoms with E-state index in [-0.39, 0.29) is 17.9 Å². The molecule has 1 aromatic heterocycles. The zero-order chi connectivity index (χ0) is 13.8. The third-order valence-corrected chi connectivity index (χ3v) is 2.47. The van der Waals surface area contributed by atoms with Crippen molar-refractivity contribution in [2.45, 2.75) is 40.2 Å². The maximum Gasteiger partial charge on any atom is 0.269 e. The summed E-state index contributed by atoms with van der Waals surface area (Å²) in [7, 11) is 0. The molecule has 0 spiro atoms. The molecule has 0 saturated heterocycles. The summed E-state index contributed by atoms with van der Waals surface area (Å²) in [5.41, 5.74) is 1.24.